The van der Waals surface area contributed by atoms with E-state index in [9.17, 15) is 13.2 Å². The molecule has 0 aromatic heterocycles. The van der Waals surface area contributed by atoms with Crippen LogP contribution in [0.3, 0.4) is 0 Å². The summed E-state index contributed by atoms with van der Waals surface area (Å²) in [6.45, 7) is 3.80. The van der Waals surface area contributed by atoms with E-state index in [4.69, 9.17) is 16.3 Å². The maximum absolute atomic E-state index is 12.9. The zero-order valence-electron chi connectivity index (χ0n) is 16.4. The van der Waals surface area contributed by atoms with Crippen LogP contribution in [0.15, 0.2) is 42.5 Å². The number of sulfonamides is 1. The first-order valence-electron chi connectivity index (χ1n) is 8.94. The number of benzene rings is 2. The van der Waals surface area contributed by atoms with Gasteiger partial charge >= 0.3 is 0 Å². The van der Waals surface area contributed by atoms with Gasteiger partial charge in [-0.05, 0) is 48.7 Å². The van der Waals surface area contributed by atoms with Crippen LogP contribution in [0.4, 0.5) is 11.4 Å². The number of hydrogen-bond donors (Lipinski definition) is 1. The van der Waals surface area contributed by atoms with Crippen molar-refractivity contribution in [2.75, 3.05) is 23.0 Å². The normalized spacial score (nSPS) is 12.3. The van der Waals surface area contributed by atoms with Gasteiger partial charge in [0.05, 0.1) is 24.1 Å². The molecule has 0 spiro atoms. The summed E-state index contributed by atoms with van der Waals surface area (Å²) in [6.07, 6.45) is 2.25. The van der Waals surface area contributed by atoms with Crippen LogP contribution >= 0.6 is 11.6 Å². The molecule has 2 rings (SSSR count). The van der Waals surface area contributed by atoms with Gasteiger partial charge in [0, 0.05) is 5.69 Å². The number of aryl methyl sites for hydroxylation is 1. The van der Waals surface area contributed by atoms with Crippen molar-refractivity contribution in [2.24, 2.45) is 0 Å². The smallest absolute Gasteiger partial charge is 0.248 e. The molecule has 8 heteroatoms. The molecule has 0 unspecified atom stereocenters. The van der Waals surface area contributed by atoms with E-state index in [0.717, 1.165) is 22.5 Å². The molecule has 0 radical (unpaired) electrons. The van der Waals surface area contributed by atoms with E-state index in [2.05, 4.69) is 5.32 Å². The molecule has 0 aliphatic rings. The highest BCUT2D eigenvalue weighted by Crippen LogP contribution is 2.32. The van der Waals surface area contributed by atoms with E-state index < -0.39 is 22.0 Å². The highest BCUT2D eigenvalue weighted by molar-refractivity contribution is 7.92. The number of nitrogens with zero attached hydrogens (tertiary/aromatic N) is 1. The van der Waals surface area contributed by atoms with Crippen molar-refractivity contribution in [2.45, 2.75) is 32.7 Å². The summed E-state index contributed by atoms with van der Waals surface area (Å²) in [5, 5.41) is 3.06. The molecule has 0 fully saturated rings. The van der Waals surface area contributed by atoms with Crippen molar-refractivity contribution in [3.63, 3.8) is 0 Å². The minimum Gasteiger partial charge on any atom is -0.495 e. The Kier molecular flexibility index (Phi) is 7.32. The van der Waals surface area contributed by atoms with E-state index >= 15 is 0 Å². The van der Waals surface area contributed by atoms with Gasteiger partial charge < -0.3 is 10.1 Å². The molecule has 0 heterocycles. The Balaban J connectivity index is 2.36. The van der Waals surface area contributed by atoms with Gasteiger partial charge in [-0.15, -0.1) is 0 Å². The Labute approximate surface area is 171 Å². The predicted molar refractivity (Wildman–Crippen MR) is 114 cm³/mol. The molecule has 0 bridgehead atoms. The summed E-state index contributed by atoms with van der Waals surface area (Å²) in [7, 11) is -2.27. The van der Waals surface area contributed by atoms with Crippen molar-refractivity contribution < 1.29 is 17.9 Å². The molecule has 6 nitrogen and oxygen atoms in total. The molecule has 0 saturated carbocycles. The van der Waals surface area contributed by atoms with Crippen molar-refractivity contribution in [1.82, 2.24) is 0 Å². The van der Waals surface area contributed by atoms with Crippen LogP contribution in [0, 0.1) is 0 Å². The Morgan fingerprint density at radius 3 is 2.29 bits per heavy atom. The fourth-order valence-electron chi connectivity index (χ4n) is 2.90. The quantitative estimate of drug-likeness (QED) is 0.692. The van der Waals surface area contributed by atoms with Crippen LogP contribution in [0.25, 0.3) is 0 Å². The van der Waals surface area contributed by atoms with Crippen LogP contribution < -0.4 is 14.4 Å². The Morgan fingerprint density at radius 2 is 1.82 bits per heavy atom. The lowest BCUT2D eigenvalue weighted by atomic mass is 10.1. The highest BCUT2D eigenvalue weighted by atomic mass is 35.5. The maximum atomic E-state index is 12.9. The topological polar surface area (TPSA) is 75.7 Å². The highest BCUT2D eigenvalue weighted by Gasteiger charge is 2.32. The molecule has 2 aromatic carbocycles. The average molecular weight is 425 g/mol. The fraction of sp³-hybridized carbons (Fsp3) is 0.350. The Bertz CT molecular complexity index is 930. The summed E-state index contributed by atoms with van der Waals surface area (Å²) in [5.41, 5.74) is 2.06. The maximum Gasteiger partial charge on any atom is 0.248 e. The number of carbonyl (C=O) groups is 1. The summed E-state index contributed by atoms with van der Waals surface area (Å²) >= 11 is 6.16. The molecule has 2 aromatic rings. The second-order valence-corrected chi connectivity index (χ2v) is 8.61. The van der Waals surface area contributed by atoms with Crippen molar-refractivity contribution in [3.05, 3.63) is 53.1 Å². The fourth-order valence-corrected chi connectivity index (χ4v) is 4.36. The van der Waals surface area contributed by atoms with E-state index in [-0.39, 0.29) is 11.4 Å². The number of ether oxygens (including phenoxy) is 1. The number of amides is 1. The standard InChI is InChI=1S/C20H25ClN2O4S/c1-5-14-7-9-15(10-8-14)22-20(24)18(6-2)23(28(4,25)26)16-11-12-19(27-3)17(21)13-16/h7-13,18H,5-6H2,1-4H3,(H,22,24)/t18-/m1/s1. The van der Waals surface area contributed by atoms with Gasteiger partial charge in [0.25, 0.3) is 0 Å². The van der Waals surface area contributed by atoms with E-state index in [1.165, 1.54) is 13.2 Å². The van der Waals surface area contributed by atoms with Gasteiger partial charge in [0.15, 0.2) is 0 Å². The van der Waals surface area contributed by atoms with Gasteiger partial charge in [-0.25, -0.2) is 8.42 Å². The van der Waals surface area contributed by atoms with Gasteiger partial charge in [0.2, 0.25) is 15.9 Å². The Morgan fingerprint density at radius 1 is 1.18 bits per heavy atom. The molecule has 0 saturated heterocycles. The first-order valence-corrected chi connectivity index (χ1v) is 11.2. The minimum atomic E-state index is -3.74. The number of nitrogens with one attached hydrogen (secondary N) is 1. The third kappa shape index (κ3) is 5.17. The number of hydrogen-bond acceptors (Lipinski definition) is 4. The van der Waals surface area contributed by atoms with Gasteiger partial charge in [-0.3, -0.25) is 9.10 Å². The molecule has 1 atom stereocenters. The summed E-state index contributed by atoms with van der Waals surface area (Å²) in [6, 6.07) is 11.2. The third-order valence-corrected chi connectivity index (χ3v) is 5.82. The van der Waals surface area contributed by atoms with E-state index in [1.54, 1.807) is 31.2 Å². The second kappa shape index (κ2) is 9.30. The minimum absolute atomic E-state index is 0.263. The average Bonchev–Trinajstić information content (AvgIpc) is 2.65. The molecule has 0 aliphatic carbocycles. The predicted octanol–water partition coefficient (Wildman–Crippen LogP) is 4.09. The van der Waals surface area contributed by atoms with Crippen LogP contribution in [0.1, 0.15) is 25.8 Å². The van der Waals surface area contributed by atoms with Gasteiger partial charge in [0.1, 0.15) is 11.8 Å². The molecule has 0 aliphatic heterocycles. The van der Waals surface area contributed by atoms with Crippen LogP contribution in [0.5, 0.6) is 5.75 Å². The number of halogens is 1. The monoisotopic (exact) mass is 424 g/mol. The first kappa shape index (κ1) is 22.0. The van der Waals surface area contributed by atoms with E-state index in [0.29, 0.717) is 17.1 Å². The van der Waals surface area contributed by atoms with Crippen molar-refractivity contribution >= 4 is 38.9 Å². The Hall–Kier alpha value is -2.25. The van der Waals surface area contributed by atoms with Crippen LogP contribution in [-0.2, 0) is 21.2 Å². The number of anilines is 2. The lowest BCUT2D eigenvalue weighted by Crippen LogP contribution is -2.47. The summed E-state index contributed by atoms with van der Waals surface area (Å²) < 4.78 is 31.2. The summed E-state index contributed by atoms with van der Waals surface area (Å²) in [4.78, 5) is 12.9. The second-order valence-electron chi connectivity index (χ2n) is 6.34. The van der Waals surface area contributed by atoms with Crippen molar-refractivity contribution in [1.29, 1.82) is 0 Å². The molecule has 1 amide bonds. The van der Waals surface area contributed by atoms with E-state index in [1.807, 2.05) is 19.1 Å². The zero-order valence-corrected chi connectivity index (χ0v) is 18.0. The first-order chi connectivity index (χ1) is 13.2. The lowest BCUT2D eigenvalue weighted by molar-refractivity contribution is -0.117. The molecule has 152 valence electrons. The molecule has 1 N–H and O–H groups in total. The van der Waals surface area contributed by atoms with Crippen molar-refractivity contribution in [3.8, 4) is 5.75 Å². The third-order valence-electron chi connectivity index (χ3n) is 4.35. The lowest BCUT2D eigenvalue weighted by Gasteiger charge is -2.30. The summed E-state index contributed by atoms with van der Waals surface area (Å²) in [5.74, 6) is 0.0106. The molecular weight excluding hydrogens is 400 g/mol. The van der Waals surface area contributed by atoms with Crippen LogP contribution in [0.2, 0.25) is 5.02 Å². The molecular formula is C20H25ClN2O4S. The largest absolute Gasteiger partial charge is 0.495 e. The SMILES string of the molecule is CCc1ccc(NC(=O)[C@@H](CC)N(c2ccc(OC)c(Cl)c2)S(C)(=O)=O)cc1. The molecule has 28 heavy (non-hydrogen) atoms. The van der Waals surface area contributed by atoms with Gasteiger partial charge in [-0.1, -0.05) is 37.6 Å². The number of rotatable bonds is 8. The number of methoxy groups -OCH3 is 1. The number of carbonyl (C=O) groups excluding carboxylic acids is 1. The van der Waals surface area contributed by atoms with Gasteiger partial charge in [-0.2, -0.15) is 0 Å². The van der Waals surface area contributed by atoms with Crippen LogP contribution in [-0.4, -0.2) is 33.7 Å². The zero-order chi connectivity index (χ0) is 20.9.